The van der Waals surface area contributed by atoms with E-state index in [2.05, 4.69) is 9.97 Å². The van der Waals surface area contributed by atoms with E-state index in [4.69, 9.17) is 16.3 Å². The van der Waals surface area contributed by atoms with Gasteiger partial charge in [0.05, 0.1) is 18.8 Å². The molecule has 0 radical (unpaired) electrons. The number of aromatic nitrogens is 2. The van der Waals surface area contributed by atoms with Crippen LogP contribution in [0.4, 0.5) is 0 Å². The Kier molecular flexibility index (Phi) is 2.44. The lowest BCUT2D eigenvalue weighted by Gasteiger charge is -2.07. The molecule has 0 amide bonds. The summed E-state index contributed by atoms with van der Waals surface area (Å²) < 4.78 is 5.32. The number of aliphatic hydroxyl groups excluding tert-OH is 1. The van der Waals surface area contributed by atoms with Crippen LogP contribution in [-0.2, 0) is 4.74 Å². The molecule has 0 saturated carbocycles. The lowest BCUT2D eigenvalue weighted by atomic mass is 10.1. The molecule has 1 fully saturated rings. The third-order valence-corrected chi connectivity index (χ3v) is 2.18. The first kappa shape index (κ1) is 8.87. The van der Waals surface area contributed by atoms with Gasteiger partial charge in [-0.15, -0.1) is 0 Å². The summed E-state index contributed by atoms with van der Waals surface area (Å²) in [6.07, 6.45) is 3.38. The van der Waals surface area contributed by atoms with Crippen LogP contribution < -0.4 is 0 Å². The number of halogens is 1. The Morgan fingerprint density at radius 3 is 2.69 bits per heavy atom. The quantitative estimate of drug-likeness (QED) is 0.686. The summed E-state index contributed by atoms with van der Waals surface area (Å²) in [7, 11) is 0. The first-order valence-corrected chi connectivity index (χ1v) is 4.40. The highest BCUT2D eigenvalue weighted by molar-refractivity contribution is 6.28. The van der Waals surface area contributed by atoms with Crippen molar-refractivity contribution in [1.29, 1.82) is 0 Å². The predicted octanol–water partition coefficient (Wildman–Crippen LogP) is 0.952. The van der Waals surface area contributed by atoms with Crippen LogP contribution in [-0.4, -0.2) is 27.8 Å². The normalized spacial score (nSPS) is 27.8. The van der Waals surface area contributed by atoms with Gasteiger partial charge in [0.25, 0.3) is 0 Å². The number of ether oxygens (including phenoxy) is 1. The minimum atomic E-state index is -0.374. The van der Waals surface area contributed by atoms with Crippen molar-refractivity contribution >= 4 is 11.6 Å². The summed E-state index contributed by atoms with van der Waals surface area (Å²) in [5, 5.41) is 9.45. The van der Waals surface area contributed by atoms with Crippen molar-refractivity contribution in [2.24, 2.45) is 0 Å². The number of rotatable bonds is 1. The Labute approximate surface area is 80.5 Å². The van der Waals surface area contributed by atoms with Gasteiger partial charge in [-0.2, -0.15) is 0 Å². The van der Waals surface area contributed by atoms with E-state index < -0.39 is 0 Å². The smallest absolute Gasteiger partial charge is 0.222 e. The van der Waals surface area contributed by atoms with Gasteiger partial charge in [-0.3, -0.25) is 0 Å². The molecule has 1 aromatic rings. The first-order chi connectivity index (χ1) is 6.25. The van der Waals surface area contributed by atoms with E-state index in [0.717, 1.165) is 5.56 Å². The van der Waals surface area contributed by atoms with Crippen LogP contribution in [0.3, 0.4) is 0 Å². The largest absolute Gasteiger partial charge is 0.391 e. The van der Waals surface area contributed by atoms with E-state index in [-0.39, 0.29) is 17.5 Å². The number of nitrogens with zero attached hydrogens (tertiary/aromatic N) is 2. The molecule has 13 heavy (non-hydrogen) atoms. The number of aliphatic hydroxyl groups is 1. The number of hydrogen-bond donors (Lipinski definition) is 1. The molecule has 0 aliphatic carbocycles. The van der Waals surface area contributed by atoms with Crippen LogP contribution in [0, 0.1) is 0 Å². The zero-order valence-corrected chi connectivity index (χ0v) is 7.61. The molecule has 2 unspecified atom stereocenters. The SMILES string of the molecule is OC1COC(c2cnc(Cl)nc2)C1. The van der Waals surface area contributed by atoms with Crippen molar-refractivity contribution in [3.05, 3.63) is 23.2 Å². The third kappa shape index (κ3) is 1.96. The second-order valence-electron chi connectivity index (χ2n) is 3.00. The van der Waals surface area contributed by atoms with E-state index in [1.54, 1.807) is 12.4 Å². The summed E-state index contributed by atoms with van der Waals surface area (Å²) in [5.74, 6) is 0. The van der Waals surface area contributed by atoms with Gasteiger partial charge in [-0.25, -0.2) is 9.97 Å². The first-order valence-electron chi connectivity index (χ1n) is 4.03. The van der Waals surface area contributed by atoms with Crippen molar-refractivity contribution in [3.63, 3.8) is 0 Å². The van der Waals surface area contributed by atoms with Gasteiger partial charge in [0.15, 0.2) is 0 Å². The van der Waals surface area contributed by atoms with E-state index in [1.165, 1.54) is 0 Å². The highest BCUT2D eigenvalue weighted by Crippen LogP contribution is 2.27. The molecular formula is C8H9ClN2O2. The molecule has 1 aliphatic rings. The monoisotopic (exact) mass is 200 g/mol. The molecule has 1 saturated heterocycles. The maximum Gasteiger partial charge on any atom is 0.222 e. The Morgan fingerprint density at radius 1 is 1.46 bits per heavy atom. The van der Waals surface area contributed by atoms with Crippen molar-refractivity contribution in [2.45, 2.75) is 18.6 Å². The lowest BCUT2D eigenvalue weighted by molar-refractivity contribution is 0.0885. The average molecular weight is 201 g/mol. The lowest BCUT2D eigenvalue weighted by Crippen LogP contribution is -2.03. The van der Waals surface area contributed by atoms with E-state index in [1.807, 2.05) is 0 Å². The Hall–Kier alpha value is -0.710. The number of hydrogen-bond acceptors (Lipinski definition) is 4. The Bertz CT molecular complexity index is 291. The highest BCUT2D eigenvalue weighted by Gasteiger charge is 2.25. The van der Waals surface area contributed by atoms with Crippen molar-refractivity contribution in [1.82, 2.24) is 9.97 Å². The Morgan fingerprint density at radius 2 is 2.15 bits per heavy atom. The summed E-state index contributed by atoms with van der Waals surface area (Å²) in [6.45, 7) is 0.382. The fraction of sp³-hybridized carbons (Fsp3) is 0.500. The standard InChI is InChI=1S/C8H9ClN2O2/c9-8-10-2-5(3-11-8)7-1-6(12)4-13-7/h2-3,6-7,12H,1,4H2. The maximum atomic E-state index is 9.22. The van der Waals surface area contributed by atoms with E-state index >= 15 is 0 Å². The fourth-order valence-corrected chi connectivity index (χ4v) is 1.43. The summed E-state index contributed by atoms with van der Waals surface area (Å²) in [6, 6.07) is 0. The van der Waals surface area contributed by atoms with Gasteiger partial charge in [0, 0.05) is 24.4 Å². The molecule has 1 aliphatic heterocycles. The van der Waals surface area contributed by atoms with Crippen LogP contribution in [0.25, 0.3) is 0 Å². The van der Waals surface area contributed by atoms with Crippen LogP contribution >= 0.6 is 11.6 Å². The molecule has 2 heterocycles. The van der Waals surface area contributed by atoms with Gasteiger partial charge in [-0.05, 0) is 11.6 Å². The van der Waals surface area contributed by atoms with E-state index in [9.17, 15) is 5.11 Å². The van der Waals surface area contributed by atoms with Crippen LogP contribution in [0.15, 0.2) is 12.4 Å². The van der Waals surface area contributed by atoms with Crippen LogP contribution in [0.2, 0.25) is 5.28 Å². The minimum Gasteiger partial charge on any atom is -0.391 e. The molecule has 5 heteroatoms. The molecule has 1 N–H and O–H groups in total. The van der Waals surface area contributed by atoms with Crippen molar-refractivity contribution in [2.75, 3.05) is 6.61 Å². The van der Waals surface area contributed by atoms with E-state index in [0.29, 0.717) is 13.0 Å². The zero-order valence-electron chi connectivity index (χ0n) is 6.85. The van der Waals surface area contributed by atoms with Crippen LogP contribution in [0.5, 0.6) is 0 Å². The topological polar surface area (TPSA) is 55.2 Å². The maximum absolute atomic E-state index is 9.22. The van der Waals surface area contributed by atoms with Crippen molar-refractivity contribution < 1.29 is 9.84 Å². The van der Waals surface area contributed by atoms with Gasteiger partial charge in [0.1, 0.15) is 0 Å². The molecule has 4 nitrogen and oxygen atoms in total. The van der Waals surface area contributed by atoms with Gasteiger partial charge < -0.3 is 9.84 Å². The average Bonchev–Trinajstić information content (AvgIpc) is 2.53. The second kappa shape index (κ2) is 3.57. The van der Waals surface area contributed by atoms with Gasteiger partial charge in [-0.1, -0.05) is 0 Å². The predicted molar refractivity (Wildman–Crippen MR) is 46.4 cm³/mol. The molecule has 2 rings (SSSR count). The summed E-state index contributed by atoms with van der Waals surface area (Å²) >= 11 is 5.53. The summed E-state index contributed by atoms with van der Waals surface area (Å²) in [5.41, 5.74) is 0.862. The molecule has 1 aromatic heterocycles. The highest BCUT2D eigenvalue weighted by atomic mass is 35.5. The van der Waals surface area contributed by atoms with Crippen molar-refractivity contribution in [3.8, 4) is 0 Å². The second-order valence-corrected chi connectivity index (χ2v) is 3.33. The molecule has 0 aromatic carbocycles. The molecule has 70 valence electrons. The molecular weight excluding hydrogens is 192 g/mol. The zero-order chi connectivity index (χ0) is 9.26. The van der Waals surface area contributed by atoms with Gasteiger partial charge in [0.2, 0.25) is 5.28 Å². The van der Waals surface area contributed by atoms with Crippen LogP contribution in [0.1, 0.15) is 18.1 Å². The molecule has 0 bridgehead atoms. The van der Waals surface area contributed by atoms with Gasteiger partial charge >= 0.3 is 0 Å². The summed E-state index contributed by atoms with van der Waals surface area (Å²) in [4.78, 5) is 7.68. The molecule has 0 spiro atoms. The third-order valence-electron chi connectivity index (χ3n) is 1.99. The molecule has 2 atom stereocenters. The fourth-order valence-electron chi connectivity index (χ4n) is 1.33. The minimum absolute atomic E-state index is 0.0905. The Balaban J connectivity index is 2.13.